The Morgan fingerprint density at radius 3 is 2.72 bits per heavy atom. The first-order valence-corrected chi connectivity index (χ1v) is 10.9. The molecule has 4 rings (SSSR count). The van der Waals surface area contributed by atoms with Gasteiger partial charge in [0.1, 0.15) is 4.70 Å². The normalized spacial score (nSPS) is 11.0. The lowest BCUT2D eigenvalue weighted by atomic mass is 10.1. The summed E-state index contributed by atoms with van der Waals surface area (Å²) >= 11 is 2.76. The molecule has 0 unspecified atom stereocenters. The highest BCUT2D eigenvalue weighted by Gasteiger charge is 2.16. The summed E-state index contributed by atoms with van der Waals surface area (Å²) in [4.78, 5) is 30.3. The number of thiophene rings is 1. The van der Waals surface area contributed by atoms with E-state index in [1.165, 1.54) is 44.5 Å². The van der Waals surface area contributed by atoms with Crippen molar-refractivity contribution in [3.05, 3.63) is 92.6 Å². The zero-order valence-electron chi connectivity index (χ0n) is 16.0. The Morgan fingerprint density at radius 1 is 1.14 bits per heavy atom. The zero-order chi connectivity index (χ0) is 20.4. The molecular formula is C22H19N3O2S2. The number of rotatable bonds is 5. The molecule has 0 bridgehead atoms. The van der Waals surface area contributed by atoms with Gasteiger partial charge in [-0.1, -0.05) is 53.7 Å². The predicted octanol–water partition coefficient (Wildman–Crippen LogP) is 4.75. The van der Waals surface area contributed by atoms with Gasteiger partial charge in [0.25, 0.3) is 11.5 Å². The minimum atomic E-state index is -0.348. The zero-order valence-corrected chi connectivity index (χ0v) is 17.6. The first-order valence-electron chi connectivity index (χ1n) is 9.08. The second-order valence-corrected chi connectivity index (χ2v) is 8.55. The summed E-state index contributed by atoms with van der Waals surface area (Å²) in [6.07, 6.45) is 0. The molecule has 2 aromatic heterocycles. The van der Waals surface area contributed by atoms with E-state index in [9.17, 15) is 9.59 Å². The quantitative estimate of drug-likeness (QED) is 0.373. The van der Waals surface area contributed by atoms with Crippen LogP contribution in [0.2, 0.25) is 0 Å². The summed E-state index contributed by atoms with van der Waals surface area (Å²) in [6, 6.07) is 17.0. The van der Waals surface area contributed by atoms with E-state index in [0.717, 1.165) is 0 Å². The Bertz CT molecular complexity index is 1250. The number of benzene rings is 2. The molecule has 0 aliphatic heterocycles. The standard InChI is InChI=1S/C22H19N3O2S2/c1-14-8-9-15(2)17(12-14)13-29-22-23-18-10-11-28-19(18)21(27)25(22)24-20(26)16-6-4-3-5-7-16/h3-12H,13H2,1-2H3,(H,24,26). The molecule has 146 valence electrons. The van der Waals surface area contributed by atoms with Gasteiger partial charge >= 0.3 is 0 Å². The van der Waals surface area contributed by atoms with Gasteiger partial charge in [-0.2, -0.15) is 4.68 Å². The molecule has 0 saturated carbocycles. The van der Waals surface area contributed by atoms with Crippen LogP contribution >= 0.6 is 23.1 Å². The Kier molecular flexibility index (Phi) is 5.51. The van der Waals surface area contributed by atoms with Crippen molar-refractivity contribution in [1.82, 2.24) is 9.66 Å². The number of amides is 1. The van der Waals surface area contributed by atoms with Gasteiger partial charge in [0.15, 0.2) is 5.16 Å². The van der Waals surface area contributed by atoms with E-state index >= 15 is 0 Å². The highest BCUT2D eigenvalue weighted by molar-refractivity contribution is 7.98. The SMILES string of the molecule is Cc1ccc(C)c(CSc2nc3ccsc3c(=O)n2NC(=O)c2ccccc2)c1. The van der Waals surface area contributed by atoms with Gasteiger partial charge in [-0.05, 0) is 48.6 Å². The number of thioether (sulfide) groups is 1. The van der Waals surface area contributed by atoms with Gasteiger partial charge in [-0.15, -0.1) is 11.3 Å². The van der Waals surface area contributed by atoms with E-state index in [-0.39, 0.29) is 11.5 Å². The molecule has 2 heterocycles. The fraction of sp³-hybridized carbons (Fsp3) is 0.136. The van der Waals surface area contributed by atoms with Crippen molar-refractivity contribution < 1.29 is 4.79 Å². The molecule has 0 aliphatic carbocycles. The van der Waals surface area contributed by atoms with Gasteiger partial charge in [-0.25, -0.2) is 4.98 Å². The fourth-order valence-corrected chi connectivity index (χ4v) is 4.72. The van der Waals surface area contributed by atoms with Crippen molar-refractivity contribution in [3.8, 4) is 0 Å². The maximum absolute atomic E-state index is 13.0. The largest absolute Gasteiger partial charge is 0.291 e. The molecule has 0 radical (unpaired) electrons. The van der Waals surface area contributed by atoms with Crippen LogP contribution in [0, 0.1) is 13.8 Å². The van der Waals surface area contributed by atoms with E-state index in [2.05, 4.69) is 42.5 Å². The fourth-order valence-electron chi connectivity index (χ4n) is 2.94. The van der Waals surface area contributed by atoms with E-state index in [4.69, 9.17) is 0 Å². The molecule has 0 saturated heterocycles. The number of aryl methyl sites for hydroxylation is 2. The molecule has 7 heteroatoms. The molecule has 0 atom stereocenters. The Morgan fingerprint density at radius 2 is 1.93 bits per heavy atom. The van der Waals surface area contributed by atoms with Gasteiger partial charge in [0.05, 0.1) is 5.52 Å². The van der Waals surface area contributed by atoms with Gasteiger partial charge in [-0.3, -0.25) is 15.0 Å². The van der Waals surface area contributed by atoms with Crippen LogP contribution in [0.15, 0.2) is 69.9 Å². The van der Waals surface area contributed by atoms with Crippen LogP contribution in [-0.2, 0) is 5.75 Å². The molecule has 4 aromatic rings. The molecule has 29 heavy (non-hydrogen) atoms. The van der Waals surface area contributed by atoms with Crippen LogP contribution in [0.3, 0.4) is 0 Å². The highest BCUT2D eigenvalue weighted by Crippen LogP contribution is 2.25. The topological polar surface area (TPSA) is 64.0 Å². The Hall–Kier alpha value is -2.90. The number of hydrogen-bond acceptors (Lipinski definition) is 5. The number of nitrogens with one attached hydrogen (secondary N) is 1. The van der Waals surface area contributed by atoms with Crippen molar-refractivity contribution in [3.63, 3.8) is 0 Å². The monoisotopic (exact) mass is 421 g/mol. The van der Waals surface area contributed by atoms with Crippen molar-refractivity contribution >= 4 is 39.2 Å². The van der Waals surface area contributed by atoms with E-state index in [1.54, 1.807) is 24.3 Å². The average molecular weight is 422 g/mol. The molecule has 0 spiro atoms. The molecule has 2 aromatic carbocycles. The summed E-state index contributed by atoms with van der Waals surface area (Å²) in [6.45, 7) is 4.12. The summed E-state index contributed by atoms with van der Waals surface area (Å²) in [7, 11) is 0. The molecule has 0 aliphatic rings. The molecular weight excluding hydrogens is 402 g/mol. The maximum atomic E-state index is 13.0. The lowest BCUT2D eigenvalue weighted by Crippen LogP contribution is -2.34. The third-order valence-electron chi connectivity index (χ3n) is 4.56. The second-order valence-electron chi connectivity index (χ2n) is 6.70. The van der Waals surface area contributed by atoms with Crippen LogP contribution < -0.4 is 11.0 Å². The number of nitrogens with zero attached hydrogens (tertiary/aromatic N) is 2. The lowest BCUT2D eigenvalue weighted by molar-refractivity contribution is 0.100. The van der Waals surface area contributed by atoms with Gasteiger partial charge < -0.3 is 0 Å². The number of aromatic nitrogens is 2. The minimum Gasteiger partial charge on any atom is -0.267 e. The number of carbonyl (C=O) groups is 1. The first kappa shape index (κ1) is 19.4. The van der Waals surface area contributed by atoms with Crippen molar-refractivity contribution in [1.29, 1.82) is 0 Å². The Labute approximate surface area is 176 Å². The van der Waals surface area contributed by atoms with Crippen LogP contribution in [0.4, 0.5) is 0 Å². The first-order chi connectivity index (χ1) is 14.0. The van der Waals surface area contributed by atoms with Crippen LogP contribution in [0.1, 0.15) is 27.0 Å². The maximum Gasteiger partial charge on any atom is 0.291 e. The number of fused-ring (bicyclic) bond motifs is 1. The smallest absolute Gasteiger partial charge is 0.267 e. The van der Waals surface area contributed by atoms with E-state index in [1.807, 2.05) is 17.5 Å². The highest BCUT2D eigenvalue weighted by atomic mass is 32.2. The average Bonchev–Trinajstić information content (AvgIpc) is 3.20. The number of hydrogen-bond donors (Lipinski definition) is 1. The van der Waals surface area contributed by atoms with E-state index < -0.39 is 0 Å². The van der Waals surface area contributed by atoms with Gasteiger partial charge in [0.2, 0.25) is 0 Å². The number of carbonyl (C=O) groups excluding carboxylic acids is 1. The van der Waals surface area contributed by atoms with Crippen LogP contribution in [-0.4, -0.2) is 15.6 Å². The summed E-state index contributed by atoms with van der Waals surface area (Å²) in [5.74, 6) is 0.301. The Balaban J connectivity index is 1.70. The molecule has 5 nitrogen and oxygen atoms in total. The van der Waals surface area contributed by atoms with Gasteiger partial charge in [0, 0.05) is 11.3 Å². The second kappa shape index (κ2) is 8.23. The predicted molar refractivity (Wildman–Crippen MR) is 119 cm³/mol. The molecule has 1 amide bonds. The summed E-state index contributed by atoms with van der Waals surface area (Å²) in [5, 5.41) is 2.30. The van der Waals surface area contributed by atoms with Crippen molar-refractivity contribution in [2.75, 3.05) is 5.43 Å². The van der Waals surface area contributed by atoms with E-state index in [0.29, 0.717) is 26.7 Å². The minimum absolute atomic E-state index is 0.266. The van der Waals surface area contributed by atoms with Crippen molar-refractivity contribution in [2.24, 2.45) is 0 Å². The summed E-state index contributed by atoms with van der Waals surface area (Å²) < 4.78 is 1.79. The third-order valence-corrected chi connectivity index (χ3v) is 6.44. The molecule has 0 fully saturated rings. The van der Waals surface area contributed by atoms with Crippen LogP contribution in [0.5, 0.6) is 0 Å². The molecule has 1 N–H and O–H groups in total. The third kappa shape index (κ3) is 4.11. The van der Waals surface area contributed by atoms with Crippen molar-refractivity contribution in [2.45, 2.75) is 24.8 Å². The summed E-state index contributed by atoms with van der Waals surface area (Å²) in [5.41, 5.74) is 7.13. The van der Waals surface area contributed by atoms with Crippen LogP contribution in [0.25, 0.3) is 10.2 Å². The lowest BCUT2D eigenvalue weighted by Gasteiger charge is -2.14.